The van der Waals surface area contributed by atoms with Crippen LogP contribution in [0.3, 0.4) is 0 Å². The van der Waals surface area contributed by atoms with Gasteiger partial charge in [0.1, 0.15) is 12.1 Å². The van der Waals surface area contributed by atoms with Crippen molar-refractivity contribution in [2.24, 2.45) is 5.92 Å². The molecule has 2 heterocycles. The first-order chi connectivity index (χ1) is 14.1. The third-order valence-electron chi connectivity index (χ3n) is 5.85. The Labute approximate surface area is 169 Å². The summed E-state index contributed by atoms with van der Waals surface area (Å²) in [5.41, 5.74) is 2.59. The summed E-state index contributed by atoms with van der Waals surface area (Å²) in [6.45, 7) is 3.22. The minimum absolute atomic E-state index is 0.140. The normalized spacial score (nSPS) is 16.6. The van der Waals surface area contributed by atoms with Gasteiger partial charge in [-0.1, -0.05) is 24.3 Å². The van der Waals surface area contributed by atoms with E-state index in [1.54, 1.807) is 18.3 Å². The Morgan fingerprint density at radius 2 is 1.86 bits per heavy atom. The monoisotopic (exact) mass is 390 g/mol. The number of aromatic nitrogens is 1. The quantitative estimate of drug-likeness (QED) is 0.475. The van der Waals surface area contributed by atoms with Crippen molar-refractivity contribution in [3.05, 3.63) is 66.1 Å². The van der Waals surface area contributed by atoms with E-state index in [0.717, 1.165) is 28.3 Å². The largest absolute Gasteiger partial charge is 0.302 e. The Morgan fingerprint density at radius 3 is 2.59 bits per heavy atom. The number of Topliss-reactive ketones (excluding diaryl/α,β-unsaturated/α-hetero) is 1. The van der Waals surface area contributed by atoms with Crippen LogP contribution in [0.1, 0.15) is 30.1 Å². The summed E-state index contributed by atoms with van der Waals surface area (Å²) in [5, 5.41) is 1.03. The minimum atomic E-state index is -0.489. The summed E-state index contributed by atoms with van der Waals surface area (Å²) in [5.74, 6) is -0.833. The van der Waals surface area contributed by atoms with Crippen LogP contribution in [-0.2, 0) is 4.79 Å². The van der Waals surface area contributed by atoms with Gasteiger partial charge in [0.25, 0.3) is 0 Å². The second-order valence-electron chi connectivity index (χ2n) is 7.66. The van der Waals surface area contributed by atoms with E-state index < -0.39 is 5.82 Å². The van der Waals surface area contributed by atoms with Crippen LogP contribution in [0, 0.1) is 11.7 Å². The molecule has 5 heteroatoms. The van der Waals surface area contributed by atoms with E-state index in [-0.39, 0.29) is 23.3 Å². The van der Waals surface area contributed by atoms with Gasteiger partial charge in [0.15, 0.2) is 5.78 Å². The van der Waals surface area contributed by atoms with Crippen molar-refractivity contribution in [2.45, 2.75) is 25.8 Å². The lowest BCUT2D eigenvalue weighted by molar-refractivity contribution is -0.112. The van der Waals surface area contributed by atoms with Gasteiger partial charge in [-0.3, -0.25) is 14.7 Å². The molecule has 1 saturated heterocycles. The fourth-order valence-corrected chi connectivity index (χ4v) is 4.02. The van der Waals surface area contributed by atoms with Gasteiger partial charge >= 0.3 is 0 Å². The first kappa shape index (κ1) is 19.4. The molecular weight excluding hydrogens is 367 g/mol. The summed E-state index contributed by atoms with van der Waals surface area (Å²) in [7, 11) is 0. The van der Waals surface area contributed by atoms with Crippen LogP contribution < -0.4 is 0 Å². The van der Waals surface area contributed by atoms with Gasteiger partial charge in [-0.25, -0.2) is 4.39 Å². The molecule has 0 aliphatic carbocycles. The predicted molar refractivity (Wildman–Crippen MR) is 111 cm³/mol. The Hall–Kier alpha value is -2.92. The lowest BCUT2D eigenvalue weighted by atomic mass is 9.87. The Balaban J connectivity index is 1.52. The van der Waals surface area contributed by atoms with E-state index in [2.05, 4.69) is 9.88 Å². The zero-order valence-corrected chi connectivity index (χ0v) is 16.3. The van der Waals surface area contributed by atoms with Crippen LogP contribution in [-0.4, -0.2) is 41.1 Å². The molecule has 1 aromatic heterocycles. The van der Waals surface area contributed by atoms with Gasteiger partial charge in [0.05, 0.1) is 17.1 Å². The Morgan fingerprint density at radius 1 is 1.14 bits per heavy atom. The smallest absolute Gasteiger partial charge is 0.168 e. The number of rotatable bonds is 5. The molecule has 0 N–H and O–H groups in total. The molecule has 1 fully saturated rings. The van der Waals surface area contributed by atoms with Crippen molar-refractivity contribution in [1.29, 1.82) is 0 Å². The molecule has 0 bridgehead atoms. The van der Waals surface area contributed by atoms with Crippen molar-refractivity contribution < 1.29 is 14.0 Å². The number of benzene rings is 2. The van der Waals surface area contributed by atoms with Gasteiger partial charge in [-0.05, 0) is 68.2 Å². The van der Waals surface area contributed by atoms with Crippen molar-refractivity contribution in [3.8, 4) is 11.1 Å². The number of pyridine rings is 1. The SMILES string of the molecule is CC(C=O)N1CCC(C(=O)c2ccc(-c3ccc4cccnc4c3)cc2F)CC1. The molecule has 0 saturated carbocycles. The zero-order valence-electron chi connectivity index (χ0n) is 16.3. The van der Waals surface area contributed by atoms with Crippen molar-refractivity contribution in [3.63, 3.8) is 0 Å². The first-order valence-corrected chi connectivity index (χ1v) is 9.95. The van der Waals surface area contributed by atoms with E-state index in [1.165, 1.54) is 6.07 Å². The van der Waals surface area contributed by atoms with Gasteiger partial charge in [-0.15, -0.1) is 0 Å². The van der Waals surface area contributed by atoms with E-state index >= 15 is 0 Å². The molecule has 4 rings (SSSR count). The van der Waals surface area contributed by atoms with Crippen LogP contribution in [0.15, 0.2) is 54.7 Å². The highest BCUT2D eigenvalue weighted by Gasteiger charge is 2.29. The van der Waals surface area contributed by atoms with E-state index in [0.29, 0.717) is 25.9 Å². The van der Waals surface area contributed by atoms with Crippen LogP contribution in [0.25, 0.3) is 22.0 Å². The number of carbonyl (C=O) groups is 2. The number of hydrogen-bond donors (Lipinski definition) is 0. The molecule has 2 aromatic carbocycles. The number of piperidine rings is 1. The summed E-state index contributed by atoms with van der Waals surface area (Å²) < 4.78 is 14.8. The topological polar surface area (TPSA) is 50.3 Å². The van der Waals surface area contributed by atoms with Crippen LogP contribution in [0.4, 0.5) is 4.39 Å². The fourth-order valence-electron chi connectivity index (χ4n) is 4.02. The maximum absolute atomic E-state index is 14.8. The lowest BCUT2D eigenvalue weighted by Gasteiger charge is -2.33. The summed E-state index contributed by atoms with van der Waals surface area (Å²) in [6, 6.07) is 14.4. The molecule has 1 aliphatic rings. The summed E-state index contributed by atoms with van der Waals surface area (Å²) in [6.07, 6.45) is 3.95. The maximum Gasteiger partial charge on any atom is 0.168 e. The highest BCUT2D eigenvalue weighted by Crippen LogP contribution is 2.28. The van der Waals surface area contributed by atoms with Gasteiger partial charge in [-0.2, -0.15) is 0 Å². The van der Waals surface area contributed by atoms with E-state index in [9.17, 15) is 14.0 Å². The predicted octanol–water partition coefficient (Wildman–Crippen LogP) is 4.52. The highest BCUT2D eigenvalue weighted by atomic mass is 19.1. The Bertz CT molecular complexity index is 1060. The molecular formula is C24H23FN2O2. The second kappa shape index (κ2) is 8.21. The molecule has 148 valence electrons. The molecule has 1 aliphatic heterocycles. The number of aldehydes is 1. The number of carbonyl (C=O) groups excluding carboxylic acids is 2. The Kier molecular flexibility index (Phi) is 5.49. The molecule has 0 spiro atoms. The van der Waals surface area contributed by atoms with E-state index in [1.807, 2.05) is 37.3 Å². The molecule has 0 amide bonds. The standard InChI is InChI=1S/C24H23FN2O2/c1-16(15-28)27-11-8-18(9-12-27)24(29)21-7-6-19(13-22(21)25)20-5-4-17-3-2-10-26-23(17)14-20/h2-7,10,13-16,18H,8-9,11-12H2,1H3. The summed E-state index contributed by atoms with van der Waals surface area (Å²) in [4.78, 5) is 30.2. The molecule has 0 radical (unpaired) electrons. The maximum atomic E-state index is 14.8. The average molecular weight is 390 g/mol. The third-order valence-corrected chi connectivity index (χ3v) is 5.85. The minimum Gasteiger partial charge on any atom is -0.302 e. The van der Waals surface area contributed by atoms with Crippen LogP contribution in [0.2, 0.25) is 0 Å². The molecule has 4 nitrogen and oxygen atoms in total. The molecule has 1 atom stereocenters. The fraction of sp³-hybridized carbons (Fsp3) is 0.292. The zero-order chi connectivity index (χ0) is 20.4. The van der Waals surface area contributed by atoms with Crippen LogP contribution >= 0.6 is 0 Å². The second-order valence-corrected chi connectivity index (χ2v) is 7.66. The number of ketones is 1. The van der Waals surface area contributed by atoms with Gasteiger partial charge in [0, 0.05) is 17.5 Å². The lowest BCUT2D eigenvalue weighted by Crippen LogP contribution is -2.42. The number of hydrogen-bond acceptors (Lipinski definition) is 4. The highest BCUT2D eigenvalue weighted by molar-refractivity contribution is 5.98. The number of halogens is 1. The number of nitrogens with zero attached hydrogens (tertiary/aromatic N) is 2. The molecule has 1 unspecified atom stereocenters. The van der Waals surface area contributed by atoms with Gasteiger partial charge in [0.2, 0.25) is 0 Å². The average Bonchev–Trinajstić information content (AvgIpc) is 2.77. The molecule has 29 heavy (non-hydrogen) atoms. The number of fused-ring (bicyclic) bond motifs is 1. The van der Waals surface area contributed by atoms with E-state index in [4.69, 9.17) is 0 Å². The van der Waals surface area contributed by atoms with Crippen molar-refractivity contribution in [2.75, 3.05) is 13.1 Å². The first-order valence-electron chi connectivity index (χ1n) is 9.95. The molecule has 3 aromatic rings. The van der Waals surface area contributed by atoms with Crippen molar-refractivity contribution >= 4 is 23.0 Å². The van der Waals surface area contributed by atoms with Crippen molar-refractivity contribution in [1.82, 2.24) is 9.88 Å². The summed E-state index contributed by atoms with van der Waals surface area (Å²) >= 11 is 0. The third kappa shape index (κ3) is 3.96. The van der Waals surface area contributed by atoms with Gasteiger partial charge < -0.3 is 4.79 Å². The van der Waals surface area contributed by atoms with Crippen LogP contribution in [0.5, 0.6) is 0 Å². The number of likely N-dealkylation sites (tertiary alicyclic amines) is 1.